The topological polar surface area (TPSA) is 26.3 Å². The van der Waals surface area contributed by atoms with Crippen molar-refractivity contribution in [2.45, 2.75) is 26.2 Å². The van der Waals surface area contributed by atoms with Crippen molar-refractivity contribution in [3.63, 3.8) is 0 Å². The van der Waals surface area contributed by atoms with Gasteiger partial charge in [0.15, 0.2) is 0 Å². The Morgan fingerprint density at radius 3 is 3.00 bits per heavy atom. The predicted octanol–water partition coefficient (Wildman–Crippen LogP) is 2.68. The molecule has 1 aromatic heterocycles. The van der Waals surface area contributed by atoms with Crippen LogP contribution in [0.25, 0.3) is 0 Å². The fraction of sp³-hybridized carbons (Fsp3) is 0.545. The van der Waals surface area contributed by atoms with E-state index < -0.39 is 0 Å². The maximum absolute atomic E-state index is 10.6. The van der Waals surface area contributed by atoms with Gasteiger partial charge in [-0.25, -0.2) is 0 Å². The van der Waals surface area contributed by atoms with Crippen molar-refractivity contribution in [2.24, 2.45) is 0 Å². The number of hydrogen-bond acceptors (Lipinski definition) is 3. The molecule has 0 unspecified atom stereocenters. The molecule has 14 heavy (non-hydrogen) atoms. The van der Waals surface area contributed by atoms with E-state index in [1.807, 2.05) is 0 Å². The Balaban J connectivity index is 1.92. The summed E-state index contributed by atoms with van der Waals surface area (Å²) >= 11 is 1.76. The standard InChI is InChI=1S/C11H16O2S/c1-10(12)4-2-7-13-8-6-11-5-3-9-14-11/h3,5,9H,2,4,6-8H2,1H3. The van der Waals surface area contributed by atoms with Gasteiger partial charge >= 0.3 is 0 Å². The number of ether oxygens (including phenoxy) is 1. The van der Waals surface area contributed by atoms with Gasteiger partial charge in [0.05, 0.1) is 6.61 Å². The molecule has 0 atom stereocenters. The van der Waals surface area contributed by atoms with Crippen molar-refractivity contribution in [2.75, 3.05) is 13.2 Å². The quantitative estimate of drug-likeness (QED) is 0.649. The molecule has 0 spiro atoms. The van der Waals surface area contributed by atoms with Gasteiger partial charge in [-0.05, 0) is 24.8 Å². The number of ketones is 1. The van der Waals surface area contributed by atoms with E-state index in [9.17, 15) is 4.79 Å². The Kier molecular flexibility index (Phi) is 5.49. The minimum atomic E-state index is 0.242. The highest BCUT2D eigenvalue weighted by Gasteiger charge is 1.95. The first-order valence-corrected chi connectivity index (χ1v) is 5.76. The molecule has 1 heterocycles. The van der Waals surface area contributed by atoms with Crippen molar-refractivity contribution >= 4 is 17.1 Å². The Morgan fingerprint density at radius 2 is 2.36 bits per heavy atom. The third-order valence-electron chi connectivity index (χ3n) is 1.89. The first kappa shape index (κ1) is 11.4. The van der Waals surface area contributed by atoms with E-state index in [0.29, 0.717) is 13.0 Å². The summed E-state index contributed by atoms with van der Waals surface area (Å²) < 4.78 is 5.41. The smallest absolute Gasteiger partial charge is 0.129 e. The lowest BCUT2D eigenvalue weighted by atomic mass is 10.2. The minimum absolute atomic E-state index is 0.242. The molecule has 3 heteroatoms. The summed E-state index contributed by atoms with van der Waals surface area (Å²) in [5.74, 6) is 0.242. The molecule has 0 aliphatic heterocycles. The van der Waals surface area contributed by atoms with E-state index >= 15 is 0 Å². The number of hydrogen-bond donors (Lipinski definition) is 0. The number of rotatable bonds is 7. The molecule has 78 valence electrons. The maximum atomic E-state index is 10.6. The molecule has 0 aliphatic rings. The molecule has 2 nitrogen and oxygen atoms in total. The van der Waals surface area contributed by atoms with Crippen LogP contribution in [0.3, 0.4) is 0 Å². The van der Waals surface area contributed by atoms with E-state index in [-0.39, 0.29) is 5.78 Å². The summed E-state index contributed by atoms with van der Waals surface area (Å²) in [6.07, 6.45) is 2.47. The number of carbonyl (C=O) groups excluding carboxylic acids is 1. The van der Waals surface area contributed by atoms with Crippen LogP contribution < -0.4 is 0 Å². The third kappa shape index (κ3) is 5.14. The highest BCUT2D eigenvalue weighted by atomic mass is 32.1. The summed E-state index contributed by atoms with van der Waals surface area (Å²) in [4.78, 5) is 12.0. The fourth-order valence-electron chi connectivity index (χ4n) is 1.15. The average molecular weight is 212 g/mol. The highest BCUT2D eigenvalue weighted by molar-refractivity contribution is 7.09. The van der Waals surface area contributed by atoms with Gasteiger partial charge < -0.3 is 9.53 Å². The normalized spacial score (nSPS) is 10.4. The van der Waals surface area contributed by atoms with E-state index in [1.165, 1.54) is 4.88 Å². The van der Waals surface area contributed by atoms with Crippen LogP contribution in [-0.2, 0) is 16.0 Å². The zero-order valence-corrected chi connectivity index (χ0v) is 9.31. The lowest BCUT2D eigenvalue weighted by Crippen LogP contribution is -2.01. The van der Waals surface area contributed by atoms with Gasteiger partial charge in [-0.2, -0.15) is 0 Å². The summed E-state index contributed by atoms with van der Waals surface area (Å²) in [6.45, 7) is 3.08. The third-order valence-corrected chi connectivity index (χ3v) is 2.83. The van der Waals surface area contributed by atoms with Crippen LogP contribution in [0.5, 0.6) is 0 Å². The van der Waals surface area contributed by atoms with Crippen molar-refractivity contribution < 1.29 is 9.53 Å². The van der Waals surface area contributed by atoms with Crippen LogP contribution in [-0.4, -0.2) is 19.0 Å². The first-order valence-electron chi connectivity index (χ1n) is 4.88. The van der Waals surface area contributed by atoms with E-state index in [4.69, 9.17) is 4.74 Å². The summed E-state index contributed by atoms with van der Waals surface area (Å²) in [5.41, 5.74) is 0. The van der Waals surface area contributed by atoms with E-state index in [2.05, 4.69) is 17.5 Å². The SMILES string of the molecule is CC(=O)CCCOCCc1cccs1. The lowest BCUT2D eigenvalue weighted by molar-refractivity contribution is -0.117. The molecule has 0 aromatic carbocycles. The molecule has 1 aromatic rings. The fourth-order valence-corrected chi connectivity index (χ4v) is 1.84. The second kappa shape index (κ2) is 6.74. The second-order valence-electron chi connectivity index (χ2n) is 3.25. The Labute approximate surface area is 88.9 Å². The van der Waals surface area contributed by atoms with Crippen LogP contribution in [0.1, 0.15) is 24.6 Å². The highest BCUT2D eigenvalue weighted by Crippen LogP contribution is 2.08. The molecule has 0 bridgehead atoms. The molecule has 0 saturated heterocycles. The summed E-state index contributed by atoms with van der Waals surface area (Å²) in [6, 6.07) is 4.17. The van der Waals surface area contributed by atoms with Crippen LogP contribution in [0.2, 0.25) is 0 Å². The predicted molar refractivity (Wildman–Crippen MR) is 58.8 cm³/mol. The van der Waals surface area contributed by atoms with Gasteiger partial charge in [-0.3, -0.25) is 0 Å². The largest absolute Gasteiger partial charge is 0.381 e. The van der Waals surface area contributed by atoms with Gasteiger partial charge in [0, 0.05) is 24.3 Å². The molecule has 0 amide bonds. The second-order valence-corrected chi connectivity index (χ2v) is 4.28. The molecular formula is C11H16O2S. The van der Waals surface area contributed by atoms with Crippen LogP contribution in [0.15, 0.2) is 17.5 Å². The Hall–Kier alpha value is -0.670. The molecule has 0 radical (unpaired) electrons. The van der Waals surface area contributed by atoms with Gasteiger partial charge in [0.2, 0.25) is 0 Å². The monoisotopic (exact) mass is 212 g/mol. The molecule has 0 fully saturated rings. The van der Waals surface area contributed by atoms with Crippen molar-refractivity contribution in [3.8, 4) is 0 Å². The average Bonchev–Trinajstić information content (AvgIpc) is 2.63. The summed E-state index contributed by atoms with van der Waals surface area (Å²) in [7, 11) is 0. The van der Waals surface area contributed by atoms with Gasteiger partial charge in [-0.1, -0.05) is 6.07 Å². The van der Waals surface area contributed by atoms with Crippen molar-refractivity contribution in [3.05, 3.63) is 22.4 Å². The van der Waals surface area contributed by atoms with Crippen molar-refractivity contribution in [1.29, 1.82) is 0 Å². The zero-order valence-electron chi connectivity index (χ0n) is 8.49. The van der Waals surface area contributed by atoms with Gasteiger partial charge in [0.1, 0.15) is 5.78 Å². The number of carbonyl (C=O) groups is 1. The summed E-state index contributed by atoms with van der Waals surface area (Å²) in [5, 5.41) is 2.07. The van der Waals surface area contributed by atoms with Crippen LogP contribution in [0.4, 0.5) is 0 Å². The Morgan fingerprint density at radius 1 is 1.50 bits per heavy atom. The van der Waals surface area contributed by atoms with Gasteiger partial charge in [0.25, 0.3) is 0 Å². The van der Waals surface area contributed by atoms with E-state index in [0.717, 1.165) is 19.4 Å². The molecule has 0 N–H and O–H groups in total. The lowest BCUT2D eigenvalue weighted by Gasteiger charge is -2.01. The van der Waals surface area contributed by atoms with E-state index in [1.54, 1.807) is 18.3 Å². The number of thiophene rings is 1. The molecule has 0 saturated carbocycles. The molecule has 1 rings (SSSR count). The van der Waals surface area contributed by atoms with Crippen LogP contribution >= 0.6 is 11.3 Å². The van der Waals surface area contributed by atoms with Crippen LogP contribution in [0, 0.1) is 0 Å². The first-order chi connectivity index (χ1) is 6.79. The van der Waals surface area contributed by atoms with Gasteiger partial charge in [-0.15, -0.1) is 11.3 Å². The Bertz CT molecular complexity index is 254. The molecular weight excluding hydrogens is 196 g/mol. The van der Waals surface area contributed by atoms with Crippen molar-refractivity contribution in [1.82, 2.24) is 0 Å². The minimum Gasteiger partial charge on any atom is -0.381 e. The molecule has 0 aliphatic carbocycles. The number of Topliss-reactive ketones (excluding diaryl/α,β-unsaturated/α-hetero) is 1. The maximum Gasteiger partial charge on any atom is 0.129 e. The zero-order chi connectivity index (χ0) is 10.2.